The van der Waals surface area contributed by atoms with Gasteiger partial charge in [0.25, 0.3) is 0 Å². The minimum atomic E-state index is 0.00674. The SMILES string of the molecule is CC(C)c1ccc(N2CC(c3nc(C4CC4)no3)CC2=O)cc1. The minimum Gasteiger partial charge on any atom is -0.339 e. The Kier molecular flexibility index (Phi) is 3.43. The molecular weight excluding hydrogens is 290 g/mol. The second kappa shape index (κ2) is 5.48. The zero-order valence-electron chi connectivity index (χ0n) is 13.5. The molecule has 2 fully saturated rings. The van der Waals surface area contributed by atoms with Crippen molar-refractivity contribution in [3.63, 3.8) is 0 Å². The van der Waals surface area contributed by atoms with Crippen molar-refractivity contribution in [1.29, 1.82) is 0 Å². The van der Waals surface area contributed by atoms with Gasteiger partial charge in [-0.25, -0.2) is 0 Å². The van der Waals surface area contributed by atoms with Crippen molar-refractivity contribution in [2.24, 2.45) is 0 Å². The third-order valence-corrected chi connectivity index (χ3v) is 4.75. The van der Waals surface area contributed by atoms with E-state index in [4.69, 9.17) is 4.52 Å². The first-order chi connectivity index (χ1) is 11.1. The summed E-state index contributed by atoms with van der Waals surface area (Å²) in [6, 6.07) is 8.25. The van der Waals surface area contributed by atoms with Gasteiger partial charge in [0.05, 0.1) is 5.92 Å². The van der Waals surface area contributed by atoms with E-state index < -0.39 is 0 Å². The number of carbonyl (C=O) groups excluding carboxylic acids is 1. The van der Waals surface area contributed by atoms with Crippen LogP contribution in [0.2, 0.25) is 0 Å². The van der Waals surface area contributed by atoms with E-state index in [-0.39, 0.29) is 11.8 Å². The van der Waals surface area contributed by atoms with Crippen LogP contribution in [0.15, 0.2) is 28.8 Å². The number of rotatable bonds is 4. The molecule has 1 atom stereocenters. The summed E-state index contributed by atoms with van der Waals surface area (Å²) >= 11 is 0. The standard InChI is InChI=1S/C18H21N3O2/c1-11(2)12-5-7-15(8-6-12)21-10-14(9-16(21)22)18-19-17(20-23-18)13-3-4-13/h5-8,11,13-14H,3-4,9-10H2,1-2H3. The predicted octanol–water partition coefficient (Wildman–Crippen LogP) is 3.59. The van der Waals surface area contributed by atoms with Gasteiger partial charge < -0.3 is 9.42 Å². The van der Waals surface area contributed by atoms with Crippen LogP contribution in [0.3, 0.4) is 0 Å². The van der Waals surface area contributed by atoms with E-state index in [9.17, 15) is 4.79 Å². The molecule has 1 saturated carbocycles. The Balaban J connectivity index is 1.50. The van der Waals surface area contributed by atoms with Crippen LogP contribution < -0.4 is 4.90 Å². The Labute approximate surface area is 135 Å². The molecule has 0 radical (unpaired) electrons. The number of carbonyl (C=O) groups is 1. The molecule has 2 heterocycles. The molecule has 1 unspecified atom stereocenters. The summed E-state index contributed by atoms with van der Waals surface area (Å²) < 4.78 is 5.39. The molecule has 5 nitrogen and oxygen atoms in total. The Morgan fingerprint density at radius 1 is 1.17 bits per heavy atom. The average Bonchev–Trinajstić information content (AvgIpc) is 3.15. The van der Waals surface area contributed by atoms with Gasteiger partial charge in [0.1, 0.15) is 0 Å². The number of hydrogen-bond donors (Lipinski definition) is 0. The van der Waals surface area contributed by atoms with E-state index in [0.717, 1.165) is 24.4 Å². The Morgan fingerprint density at radius 2 is 1.91 bits per heavy atom. The summed E-state index contributed by atoms with van der Waals surface area (Å²) in [5.41, 5.74) is 2.23. The van der Waals surface area contributed by atoms with Crippen LogP contribution in [0, 0.1) is 0 Å². The lowest BCUT2D eigenvalue weighted by Gasteiger charge is -2.17. The van der Waals surface area contributed by atoms with Crippen molar-refractivity contribution in [2.45, 2.75) is 50.9 Å². The molecule has 4 rings (SSSR count). The van der Waals surface area contributed by atoms with Crippen LogP contribution >= 0.6 is 0 Å². The number of anilines is 1. The third-order valence-electron chi connectivity index (χ3n) is 4.75. The van der Waals surface area contributed by atoms with Crippen molar-refractivity contribution in [3.05, 3.63) is 41.5 Å². The fraction of sp³-hybridized carbons (Fsp3) is 0.500. The molecule has 0 spiro atoms. The van der Waals surface area contributed by atoms with Gasteiger partial charge in [-0.15, -0.1) is 0 Å². The molecule has 5 heteroatoms. The fourth-order valence-corrected chi connectivity index (χ4v) is 3.08. The quantitative estimate of drug-likeness (QED) is 0.865. The maximum atomic E-state index is 12.4. The number of hydrogen-bond acceptors (Lipinski definition) is 4. The highest BCUT2D eigenvalue weighted by molar-refractivity contribution is 5.96. The highest BCUT2D eigenvalue weighted by atomic mass is 16.5. The van der Waals surface area contributed by atoms with Crippen LogP contribution in [0.4, 0.5) is 5.69 Å². The molecule has 1 saturated heterocycles. The van der Waals surface area contributed by atoms with Crippen LogP contribution in [0.25, 0.3) is 0 Å². The van der Waals surface area contributed by atoms with Gasteiger partial charge in [-0.1, -0.05) is 31.1 Å². The molecule has 1 amide bonds. The smallest absolute Gasteiger partial charge is 0.232 e. The van der Waals surface area contributed by atoms with Crippen molar-refractivity contribution in [1.82, 2.24) is 10.1 Å². The predicted molar refractivity (Wildman–Crippen MR) is 86.5 cm³/mol. The maximum Gasteiger partial charge on any atom is 0.232 e. The van der Waals surface area contributed by atoms with Gasteiger partial charge in [0.15, 0.2) is 5.82 Å². The molecule has 2 aliphatic rings. The van der Waals surface area contributed by atoms with Crippen LogP contribution in [0.5, 0.6) is 0 Å². The summed E-state index contributed by atoms with van der Waals surface area (Å²) in [5, 5.41) is 4.06. The lowest BCUT2D eigenvalue weighted by molar-refractivity contribution is -0.117. The van der Waals surface area contributed by atoms with Crippen LogP contribution in [-0.4, -0.2) is 22.6 Å². The molecule has 2 aromatic rings. The van der Waals surface area contributed by atoms with Gasteiger partial charge in [-0.3, -0.25) is 4.79 Å². The van der Waals surface area contributed by atoms with E-state index in [0.29, 0.717) is 30.7 Å². The Hall–Kier alpha value is -2.17. The van der Waals surface area contributed by atoms with Crippen molar-refractivity contribution in [3.8, 4) is 0 Å². The topological polar surface area (TPSA) is 59.2 Å². The summed E-state index contributed by atoms with van der Waals surface area (Å²) in [5.74, 6) is 2.52. The maximum absolute atomic E-state index is 12.4. The van der Waals surface area contributed by atoms with Crippen molar-refractivity contribution >= 4 is 11.6 Å². The zero-order valence-corrected chi connectivity index (χ0v) is 13.5. The number of aromatic nitrogens is 2. The molecule has 23 heavy (non-hydrogen) atoms. The monoisotopic (exact) mass is 311 g/mol. The largest absolute Gasteiger partial charge is 0.339 e. The van der Waals surface area contributed by atoms with E-state index in [1.165, 1.54) is 5.56 Å². The Bertz CT molecular complexity index is 716. The third kappa shape index (κ3) is 2.76. The highest BCUT2D eigenvalue weighted by Crippen LogP contribution is 2.39. The average molecular weight is 311 g/mol. The molecule has 1 aliphatic carbocycles. The Morgan fingerprint density at radius 3 is 2.57 bits per heavy atom. The normalized spacial score (nSPS) is 21.4. The molecule has 120 valence electrons. The molecule has 0 bridgehead atoms. The van der Waals surface area contributed by atoms with E-state index >= 15 is 0 Å². The van der Waals surface area contributed by atoms with Gasteiger partial charge in [-0.05, 0) is 36.5 Å². The molecule has 0 N–H and O–H groups in total. The first-order valence-electron chi connectivity index (χ1n) is 8.35. The second-order valence-electron chi connectivity index (χ2n) is 6.92. The van der Waals surface area contributed by atoms with Crippen LogP contribution in [-0.2, 0) is 4.79 Å². The summed E-state index contributed by atoms with van der Waals surface area (Å²) in [6.07, 6.45) is 2.74. The minimum absolute atomic E-state index is 0.00674. The van der Waals surface area contributed by atoms with E-state index in [1.807, 2.05) is 17.0 Å². The summed E-state index contributed by atoms with van der Waals surface area (Å²) in [7, 11) is 0. The first kappa shape index (κ1) is 14.4. The fourth-order valence-electron chi connectivity index (χ4n) is 3.08. The van der Waals surface area contributed by atoms with E-state index in [2.05, 4.69) is 36.1 Å². The first-order valence-corrected chi connectivity index (χ1v) is 8.35. The van der Waals surface area contributed by atoms with Gasteiger partial charge in [0, 0.05) is 24.6 Å². The summed E-state index contributed by atoms with van der Waals surface area (Å²) in [4.78, 5) is 18.7. The number of nitrogens with zero attached hydrogens (tertiary/aromatic N) is 3. The lowest BCUT2D eigenvalue weighted by Crippen LogP contribution is -2.24. The van der Waals surface area contributed by atoms with Crippen molar-refractivity contribution < 1.29 is 9.32 Å². The molecule has 1 aromatic carbocycles. The van der Waals surface area contributed by atoms with Crippen molar-refractivity contribution in [2.75, 3.05) is 11.4 Å². The number of benzene rings is 1. The summed E-state index contributed by atoms with van der Waals surface area (Å²) in [6.45, 7) is 4.95. The molecule has 1 aliphatic heterocycles. The highest BCUT2D eigenvalue weighted by Gasteiger charge is 2.36. The molecular formula is C18H21N3O2. The van der Waals surface area contributed by atoms with Crippen LogP contribution in [0.1, 0.15) is 68.1 Å². The molecule has 1 aromatic heterocycles. The van der Waals surface area contributed by atoms with Gasteiger partial charge >= 0.3 is 0 Å². The van der Waals surface area contributed by atoms with Gasteiger partial charge in [0.2, 0.25) is 11.8 Å². The van der Waals surface area contributed by atoms with Gasteiger partial charge in [-0.2, -0.15) is 4.98 Å². The lowest BCUT2D eigenvalue weighted by atomic mass is 10.0. The van der Waals surface area contributed by atoms with E-state index in [1.54, 1.807) is 0 Å². The number of amides is 1. The second-order valence-corrected chi connectivity index (χ2v) is 6.92. The zero-order chi connectivity index (χ0) is 16.0.